The van der Waals surface area contributed by atoms with Gasteiger partial charge < -0.3 is 15.3 Å². The molecule has 1 heterocycles. The Morgan fingerprint density at radius 2 is 1.91 bits per heavy atom. The van der Waals surface area contributed by atoms with Gasteiger partial charge in [-0.2, -0.15) is 0 Å². The second-order valence-corrected chi connectivity index (χ2v) is 5.97. The lowest BCUT2D eigenvalue weighted by atomic mass is 9.82. The van der Waals surface area contributed by atoms with E-state index < -0.39 is 0 Å². The molecule has 23 heavy (non-hydrogen) atoms. The highest BCUT2D eigenvalue weighted by atomic mass is 16.2. The number of H-pyrrole nitrogens is 2. The quantitative estimate of drug-likeness (QED) is 0.680. The number of carbonyl (C=O) groups excluding carboxylic acids is 1. The van der Waals surface area contributed by atoms with Gasteiger partial charge in [-0.3, -0.25) is 4.79 Å². The van der Waals surface area contributed by atoms with E-state index in [1.807, 2.05) is 18.2 Å². The SMILES string of the molecule is O=C(Nc1ccc2[nH]c(=O)[nH]c2c1)[C@@H]1CCCc2ccccc21. The van der Waals surface area contributed by atoms with Crippen molar-refractivity contribution in [2.75, 3.05) is 5.32 Å². The molecule has 4 rings (SSSR count). The number of nitrogens with one attached hydrogen (secondary N) is 3. The summed E-state index contributed by atoms with van der Waals surface area (Å²) in [6.07, 6.45) is 2.93. The van der Waals surface area contributed by atoms with Crippen LogP contribution in [0.1, 0.15) is 29.9 Å². The predicted octanol–water partition coefficient (Wildman–Crippen LogP) is 2.91. The van der Waals surface area contributed by atoms with E-state index in [9.17, 15) is 9.59 Å². The molecule has 1 aliphatic rings. The van der Waals surface area contributed by atoms with Gasteiger partial charge in [0, 0.05) is 5.69 Å². The van der Waals surface area contributed by atoms with E-state index in [2.05, 4.69) is 21.4 Å². The number of anilines is 1. The van der Waals surface area contributed by atoms with Crippen LogP contribution in [0.4, 0.5) is 5.69 Å². The normalized spacial score (nSPS) is 17.0. The highest BCUT2D eigenvalue weighted by molar-refractivity contribution is 5.97. The topological polar surface area (TPSA) is 77.8 Å². The lowest BCUT2D eigenvalue weighted by molar-refractivity contribution is -0.117. The van der Waals surface area contributed by atoms with E-state index in [0.717, 1.165) is 30.3 Å². The van der Waals surface area contributed by atoms with Crippen molar-refractivity contribution < 1.29 is 4.79 Å². The van der Waals surface area contributed by atoms with Crippen LogP contribution in [0.25, 0.3) is 11.0 Å². The number of aromatic nitrogens is 2. The number of fused-ring (bicyclic) bond motifs is 2. The summed E-state index contributed by atoms with van der Waals surface area (Å²) in [5, 5.41) is 2.98. The molecule has 116 valence electrons. The fourth-order valence-corrected chi connectivity index (χ4v) is 3.37. The molecule has 0 aliphatic heterocycles. The first-order valence-corrected chi connectivity index (χ1v) is 7.81. The van der Waals surface area contributed by atoms with Crippen molar-refractivity contribution in [2.24, 2.45) is 0 Å². The third kappa shape index (κ3) is 2.54. The van der Waals surface area contributed by atoms with Gasteiger partial charge in [0.15, 0.2) is 0 Å². The van der Waals surface area contributed by atoms with Gasteiger partial charge >= 0.3 is 5.69 Å². The van der Waals surface area contributed by atoms with Crippen molar-refractivity contribution in [3.8, 4) is 0 Å². The van der Waals surface area contributed by atoms with E-state index in [1.165, 1.54) is 5.56 Å². The molecule has 3 aromatic rings. The molecular weight excluding hydrogens is 290 g/mol. The second kappa shape index (κ2) is 5.43. The molecule has 5 nitrogen and oxygen atoms in total. The minimum Gasteiger partial charge on any atom is -0.325 e. The monoisotopic (exact) mass is 307 g/mol. The van der Waals surface area contributed by atoms with E-state index >= 15 is 0 Å². The molecule has 1 aliphatic carbocycles. The number of benzene rings is 2. The molecule has 1 atom stereocenters. The Morgan fingerprint density at radius 3 is 2.83 bits per heavy atom. The number of aryl methyl sites for hydroxylation is 1. The molecule has 5 heteroatoms. The first-order valence-electron chi connectivity index (χ1n) is 7.81. The third-order valence-electron chi connectivity index (χ3n) is 4.47. The van der Waals surface area contributed by atoms with Gasteiger partial charge in [0.05, 0.1) is 17.0 Å². The summed E-state index contributed by atoms with van der Waals surface area (Å²) in [7, 11) is 0. The van der Waals surface area contributed by atoms with E-state index in [1.54, 1.807) is 18.2 Å². The Balaban J connectivity index is 1.61. The van der Waals surface area contributed by atoms with Crippen LogP contribution in [-0.2, 0) is 11.2 Å². The molecule has 1 amide bonds. The van der Waals surface area contributed by atoms with Crippen LogP contribution < -0.4 is 11.0 Å². The lowest BCUT2D eigenvalue weighted by Gasteiger charge is -2.24. The molecule has 0 bridgehead atoms. The maximum Gasteiger partial charge on any atom is 0.323 e. The molecule has 0 saturated heterocycles. The summed E-state index contributed by atoms with van der Waals surface area (Å²) < 4.78 is 0. The number of carbonyl (C=O) groups is 1. The van der Waals surface area contributed by atoms with Crippen molar-refractivity contribution in [3.05, 3.63) is 64.1 Å². The maximum atomic E-state index is 12.7. The molecular formula is C18H17N3O2. The summed E-state index contributed by atoms with van der Waals surface area (Å²) in [5.74, 6) is -0.102. The minimum absolute atomic E-state index is 0.00869. The molecule has 0 unspecified atom stereocenters. The summed E-state index contributed by atoms with van der Waals surface area (Å²) in [5.41, 5.74) is 4.27. The Labute approximate surface area is 132 Å². The van der Waals surface area contributed by atoms with Gasteiger partial charge in [0.25, 0.3) is 0 Å². The Morgan fingerprint density at radius 1 is 1.09 bits per heavy atom. The summed E-state index contributed by atoms with van der Waals surface area (Å²) in [6, 6.07) is 13.5. The Bertz CT molecular complexity index is 939. The van der Waals surface area contributed by atoms with Crippen molar-refractivity contribution >= 4 is 22.6 Å². The molecule has 0 fully saturated rings. The van der Waals surface area contributed by atoms with Crippen molar-refractivity contribution in [1.29, 1.82) is 0 Å². The predicted molar refractivity (Wildman–Crippen MR) is 89.7 cm³/mol. The first kappa shape index (κ1) is 13.8. The number of hydrogen-bond donors (Lipinski definition) is 3. The van der Waals surface area contributed by atoms with Gasteiger partial charge in [-0.05, 0) is 48.6 Å². The molecule has 1 aromatic heterocycles. The van der Waals surface area contributed by atoms with Crippen molar-refractivity contribution in [1.82, 2.24) is 9.97 Å². The average molecular weight is 307 g/mol. The van der Waals surface area contributed by atoms with Gasteiger partial charge in [0.2, 0.25) is 5.91 Å². The van der Waals surface area contributed by atoms with E-state index in [0.29, 0.717) is 11.2 Å². The average Bonchev–Trinajstić information content (AvgIpc) is 2.93. The van der Waals surface area contributed by atoms with Crippen LogP contribution in [-0.4, -0.2) is 15.9 Å². The van der Waals surface area contributed by atoms with Gasteiger partial charge in [-0.15, -0.1) is 0 Å². The first-order chi connectivity index (χ1) is 11.2. The van der Waals surface area contributed by atoms with Gasteiger partial charge in [-0.1, -0.05) is 24.3 Å². The smallest absolute Gasteiger partial charge is 0.323 e. The summed E-state index contributed by atoms with van der Waals surface area (Å²) in [4.78, 5) is 29.4. The number of imidazole rings is 1. The fraction of sp³-hybridized carbons (Fsp3) is 0.222. The van der Waals surface area contributed by atoms with E-state index in [4.69, 9.17) is 0 Å². The van der Waals surface area contributed by atoms with Gasteiger partial charge in [-0.25, -0.2) is 4.79 Å². The largest absolute Gasteiger partial charge is 0.325 e. The van der Waals surface area contributed by atoms with Crippen molar-refractivity contribution in [2.45, 2.75) is 25.2 Å². The number of aromatic amines is 2. The molecule has 3 N–H and O–H groups in total. The second-order valence-electron chi connectivity index (χ2n) is 5.97. The standard InChI is InChI=1S/C18H17N3O2/c22-17(14-7-3-5-11-4-1-2-6-13(11)14)19-12-8-9-15-16(10-12)21-18(23)20-15/h1-2,4,6,8-10,14H,3,5,7H2,(H,19,22)(H2,20,21,23)/t14-/m1/s1. The van der Waals surface area contributed by atoms with Crippen LogP contribution in [0.3, 0.4) is 0 Å². The van der Waals surface area contributed by atoms with Crippen LogP contribution in [0, 0.1) is 0 Å². The fourth-order valence-electron chi connectivity index (χ4n) is 3.37. The maximum absolute atomic E-state index is 12.7. The summed E-state index contributed by atoms with van der Waals surface area (Å²) >= 11 is 0. The van der Waals surface area contributed by atoms with Crippen LogP contribution >= 0.6 is 0 Å². The molecule has 0 spiro atoms. The molecule has 2 aromatic carbocycles. The lowest BCUT2D eigenvalue weighted by Crippen LogP contribution is -2.24. The number of hydrogen-bond acceptors (Lipinski definition) is 2. The highest BCUT2D eigenvalue weighted by Gasteiger charge is 2.26. The zero-order valence-electron chi connectivity index (χ0n) is 12.6. The van der Waals surface area contributed by atoms with E-state index in [-0.39, 0.29) is 17.5 Å². The highest BCUT2D eigenvalue weighted by Crippen LogP contribution is 2.32. The zero-order valence-corrected chi connectivity index (χ0v) is 12.6. The molecule has 0 saturated carbocycles. The number of rotatable bonds is 2. The van der Waals surface area contributed by atoms with Gasteiger partial charge in [0.1, 0.15) is 0 Å². The van der Waals surface area contributed by atoms with Crippen LogP contribution in [0.2, 0.25) is 0 Å². The minimum atomic E-state index is -0.246. The molecule has 0 radical (unpaired) electrons. The number of amides is 1. The Hall–Kier alpha value is -2.82. The Kier molecular flexibility index (Phi) is 3.26. The zero-order chi connectivity index (χ0) is 15.8. The van der Waals surface area contributed by atoms with Crippen LogP contribution in [0.5, 0.6) is 0 Å². The van der Waals surface area contributed by atoms with Crippen LogP contribution in [0.15, 0.2) is 47.3 Å². The summed E-state index contributed by atoms with van der Waals surface area (Å²) in [6.45, 7) is 0. The van der Waals surface area contributed by atoms with Crippen molar-refractivity contribution in [3.63, 3.8) is 0 Å². The third-order valence-corrected chi connectivity index (χ3v) is 4.47.